The molecule has 8 aromatic rings. The van der Waals surface area contributed by atoms with E-state index in [-0.39, 0.29) is 75.4 Å². The number of nitrogens with zero attached hydrogens (tertiary/aromatic N) is 7. The monoisotopic (exact) mass is 1280 g/mol. The van der Waals surface area contributed by atoms with Crippen molar-refractivity contribution in [2.24, 2.45) is 10.8 Å². The van der Waals surface area contributed by atoms with Crippen molar-refractivity contribution in [2.45, 2.75) is 141 Å². The van der Waals surface area contributed by atoms with Gasteiger partial charge in [-0.15, -0.1) is 0 Å². The Kier molecular flexibility index (Phi) is 24.1. The summed E-state index contributed by atoms with van der Waals surface area (Å²) in [5.74, 6) is -1.20. The van der Waals surface area contributed by atoms with Gasteiger partial charge in [-0.2, -0.15) is 20.4 Å². The number of hydrogen-bond acceptors (Lipinski definition) is 18. The SMILES string of the molecule is C1CCOCC1.CC(=O)OOC(C)=O.O=C(NC1CC2(C1)CC(c1n[nH]c(=O)c3ccccc13)C2)c1cnn2cc(CCCN3CCOCC3)ccc12.O=CCCc1ccc2c(C(=O)NC3CC4(C3)CC(c3n[nH]c(=O)c5ccccc35)C4)cnn2c1.[B-]OC(C)=O.[Na+]. The van der Waals surface area contributed by atoms with Gasteiger partial charge in [-0.1, -0.05) is 48.5 Å². The molecule has 2 spiro atoms. The zero-order valence-electron chi connectivity index (χ0n) is 53.2. The summed E-state index contributed by atoms with van der Waals surface area (Å²) < 4.78 is 17.6. The van der Waals surface area contributed by atoms with E-state index in [0.29, 0.717) is 46.6 Å². The molecular formula is C67H78BN11NaO13. The van der Waals surface area contributed by atoms with Crippen LogP contribution in [0.2, 0.25) is 0 Å². The van der Waals surface area contributed by atoms with Crippen LogP contribution in [0.25, 0.3) is 32.6 Å². The van der Waals surface area contributed by atoms with Crippen LogP contribution in [0.5, 0.6) is 0 Å². The summed E-state index contributed by atoms with van der Waals surface area (Å²) in [4.78, 5) is 100. The summed E-state index contributed by atoms with van der Waals surface area (Å²) in [5.41, 5.74) is 7.28. The van der Waals surface area contributed by atoms with Gasteiger partial charge in [0.2, 0.25) is 5.97 Å². The fourth-order valence-corrected chi connectivity index (χ4v) is 13.7. The molecule has 2 aromatic carbocycles. The van der Waals surface area contributed by atoms with Gasteiger partial charge in [-0.05, 0) is 143 Å². The maximum atomic E-state index is 13.1. The Morgan fingerprint density at radius 1 is 0.602 bits per heavy atom. The molecule has 3 radical (unpaired) electrons. The number of nitrogens with one attached hydrogen (secondary N) is 4. The van der Waals surface area contributed by atoms with E-state index in [0.717, 1.165) is 169 Å². The largest absolute Gasteiger partial charge is 1.00 e. The Hall–Kier alpha value is -7.94. The molecule has 8 heterocycles. The van der Waals surface area contributed by atoms with Crippen molar-refractivity contribution in [1.29, 1.82) is 0 Å². The number of aromatic nitrogens is 8. The molecule has 2 amide bonds. The Balaban J connectivity index is 0.000000171. The first-order valence-corrected chi connectivity index (χ1v) is 31.6. The van der Waals surface area contributed by atoms with E-state index in [1.807, 2.05) is 83.6 Å². The fourth-order valence-electron chi connectivity index (χ4n) is 13.7. The van der Waals surface area contributed by atoms with Gasteiger partial charge in [-0.3, -0.25) is 28.9 Å². The minimum Gasteiger partial charge on any atom is -0.793 e. The van der Waals surface area contributed by atoms with E-state index in [2.05, 4.69) is 74.7 Å². The maximum Gasteiger partial charge on any atom is 1.00 e. The second-order valence-corrected chi connectivity index (χ2v) is 24.9. The minimum absolute atomic E-state index is 0. The van der Waals surface area contributed by atoms with Crippen molar-refractivity contribution in [1.82, 2.24) is 55.2 Å². The molecule has 14 rings (SSSR count). The van der Waals surface area contributed by atoms with E-state index < -0.39 is 17.9 Å². The number of carbonyl (C=O) groups excluding carboxylic acids is 6. The Labute approximate surface area is 560 Å². The first kappa shape index (κ1) is 69.4. The molecule has 0 unspecified atom stereocenters. The number of ether oxygens (including phenoxy) is 2. The molecule has 0 bridgehead atoms. The molecule has 4 aliphatic carbocycles. The zero-order valence-corrected chi connectivity index (χ0v) is 55.2. The second kappa shape index (κ2) is 32.3. The van der Waals surface area contributed by atoms with Crippen molar-refractivity contribution in [3.63, 3.8) is 0 Å². The number of benzene rings is 2. The van der Waals surface area contributed by atoms with E-state index in [1.165, 1.54) is 31.7 Å². The Morgan fingerprint density at radius 2 is 1.03 bits per heavy atom. The van der Waals surface area contributed by atoms with E-state index in [9.17, 15) is 38.4 Å². The van der Waals surface area contributed by atoms with Crippen LogP contribution in [-0.4, -0.2) is 147 Å². The topological polar surface area (TPSA) is 302 Å². The molecule has 2 saturated heterocycles. The van der Waals surface area contributed by atoms with Crippen LogP contribution in [0.3, 0.4) is 0 Å². The summed E-state index contributed by atoms with van der Waals surface area (Å²) in [5, 5.41) is 32.6. The normalized spacial score (nSPS) is 21.7. The molecule has 0 atom stereocenters. The molecule has 6 fully saturated rings. The molecule has 24 nitrogen and oxygen atoms in total. The molecule has 4 N–H and O–H groups in total. The van der Waals surface area contributed by atoms with Crippen molar-refractivity contribution < 1.29 is 82.2 Å². The van der Waals surface area contributed by atoms with Crippen LogP contribution in [0.15, 0.2) is 107 Å². The van der Waals surface area contributed by atoms with Gasteiger partial charge >= 0.3 is 41.5 Å². The number of pyridine rings is 2. The summed E-state index contributed by atoms with van der Waals surface area (Å²) in [6.45, 7) is 10.3. The third-order valence-electron chi connectivity index (χ3n) is 18.1. The van der Waals surface area contributed by atoms with Gasteiger partial charge in [0, 0.05) is 101 Å². The zero-order chi connectivity index (χ0) is 64.8. The summed E-state index contributed by atoms with van der Waals surface area (Å²) in [7, 11) is 4.32. The predicted octanol–water partition coefficient (Wildman–Crippen LogP) is 4.30. The van der Waals surface area contributed by atoms with E-state index >= 15 is 0 Å². The third kappa shape index (κ3) is 17.7. The van der Waals surface area contributed by atoms with Crippen molar-refractivity contribution in [3.05, 3.63) is 152 Å². The smallest absolute Gasteiger partial charge is 0.793 e. The molecule has 26 heteroatoms. The number of aldehydes is 1. The van der Waals surface area contributed by atoms with Crippen LogP contribution in [0.4, 0.5) is 0 Å². The Bertz CT molecular complexity index is 4020. The maximum absolute atomic E-state index is 13.1. The average Bonchev–Trinajstić information content (AvgIpc) is 1.62. The second-order valence-electron chi connectivity index (χ2n) is 24.9. The van der Waals surface area contributed by atoms with Gasteiger partial charge in [0.25, 0.3) is 22.9 Å². The first-order valence-electron chi connectivity index (χ1n) is 31.6. The number of fused-ring (bicyclic) bond motifs is 4. The molecular weight excluding hydrogens is 1200 g/mol. The molecule has 483 valence electrons. The molecule has 93 heavy (non-hydrogen) atoms. The van der Waals surface area contributed by atoms with E-state index in [4.69, 9.17) is 9.47 Å². The predicted molar refractivity (Wildman–Crippen MR) is 341 cm³/mol. The Morgan fingerprint density at radius 3 is 1.43 bits per heavy atom. The summed E-state index contributed by atoms with van der Waals surface area (Å²) in [6.07, 6.45) is 23.3. The van der Waals surface area contributed by atoms with Gasteiger partial charge in [-0.25, -0.2) is 38.6 Å². The summed E-state index contributed by atoms with van der Waals surface area (Å²) >= 11 is 0. The molecule has 2 aliphatic heterocycles. The number of hydrogen-bond donors (Lipinski definition) is 4. The standard InChI is InChI=1S/C30H34N6O3.C26H25N5O3.C5H10O.C4H6O4.C2H3BO2.Na/c37-28(25-18-31-36-19-20(7-8-26(25)36)4-3-9-35-10-12-39-13-11-35)32-22-16-30(17-22)14-21(15-30)27-23-5-1-2-6-24(23)29(38)34-33-27;32-9-3-4-16-7-8-22-21(14-27-31(22)15-16)24(33)28-18-12-26(13-18)10-17(11-26)23-19-5-1-2-6-20(19)25(34)30-29-23;1-2-4-6-5-3-1;1-3(5)7-8-4(2)6;1-2(4)5-3;/h1-2,5-8,18-19,21-22H,3-4,9-17H2,(H,32,37)(H,34,38);1-2,5-9,14-15,17-18H,3-4,10-13H2,(H,28,33)(H,30,34);1-5H2;1-2H3;1H3;/q;;;;-1;+1. The average molecular weight is 1280 g/mol. The van der Waals surface area contributed by atoms with Crippen LogP contribution < -0.4 is 51.3 Å². The van der Waals surface area contributed by atoms with Crippen molar-refractivity contribution in [3.8, 4) is 0 Å². The number of amides is 2. The van der Waals surface area contributed by atoms with Gasteiger partial charge < -0.3 is 37.6 Å². The van der Waals surface area contributed by atoms with Gasteiger partial charge in [0.05, 0.1) is 69.9 Å². The van der Waals surface area contributed by atoms with Crippen LogP contribution in [0.1, 0.15) is 159 Å². The fraction of sp³-hybridized carbons (Fsp3) is 0.463. The van der Waals surface area contributed by atoms with E-state index in [1.54, 1.807) is 16.9 Å². The number of carbonyl (C=O) groups is 6. The van der Waals surface area contributed by atoms with Crippen molar-refractivity contribution >= 4 is 76.6 Å². The van der Waals surface area contributed by atoms with Crippen LogP contribution in [-0.2, 0) is 55.9 Å². The quantitative estimate of drug-likeness (QED) is 0.0541. The third-order valence-corrected chi connectivity index (χ3v) is 18.1. The molecule has 4 saturated carbocycles. The number of rotatable bonds is 13. The van der Waals surface area contributed by atoms with Gasteiger partial charge in [0.1, 0.15) is 6.29 Å². The molecule has 6 aromatic heterocycles. The van der Waals surface area contributed by atoms with Gasteiger partial charge in [0.15, 0.2) is 0 Å². The number of morpholine rings is 1. The minimum atomic E-state index is -0.639. The van der Waals surface area contributed by atoms with Crippen molar-refractivity contribution in [2.75, 3.05) is 46.1 Å². The number of aryl methyl sites for hydroxylation is 2. The number of H-pyrrole nitrogens is 2. The molecule has 6 aliphatic rings. The van der Waals surface area contributed by atoms with Crippen LogP contribution in [0, 0.1) is 10.8 Å². The number of aromatic amines is 2. The first-order chi connectivity index (χ1) is 44.5. The summed E-state index contributed by atoms with van der Waals surface area (Å²) in [6, 6.07) is 23.7. The van der Waals surface area contributed by atoms with Crippen LogP contribution >= 0.6 is 0 Å².